The molecule has 2 rings (SSSR count). The van der Waals surface area contributed by atoms with Crippen molar-refractivity contribution in [2.75, 3.05) is 6.54 Å². The van der Waals surface area contributed by atoms with E-state index in [9.17, 15) is 10.1 Å². The molecule has 0 bridgehead atoms. The van der Waals surface area contributed by atoms with E-state index in [-0.39, 0.29) is 10.6 Å². The van der Waals surface area contributed by atoms with Gasteiger partial charge in [0, 0.05) is 31.4 Å². The first kappa shape index (κ1) is 14.2. The van der Waals surface area contributed by atoms with E-state index in [2.05, 4.69) is 17.2 Å². The zero-order valence-electron chi connectivity index (χ0n) is 11.5. The molecule has 20 heavy (non-hydrogen) atoms. The number of nitrogens with one attached hydrogen (secondary N) is 1. The molecule has 6 nitrogen and oxygen atoms in total. The van der Waals surface area contributed by atoms with Crippen molar-refractivity contribution in [3.8, 4) is 0 Å². The fraction of sp³-hybridized carbons (Fsp3) is 0.357. The van der Waals surface area contributed by atoms with Gasteiger partial charge in [0.15, 0.2) is 0 Å². The van der Waals surface area contributed by atoms with Crippen molar-refractivity contribution in [3.63, 3.8) is 0 Å². The van der Waals surface area contributed by atoms with E-state index in [4.69, 9.17) is 0 Å². The summed E-state index contributed by atoms with van der Waals surface area (Å²) in [5.74, 6) is 0. The number of non-ortho nitro benzene ring substituents is 1. The lowest BCUT2D eigenvalue weighted by Gasteiger charge is -2.02. The van der Waals surface area contributed by atoms with Crippen LogP contribution in [0.1, 0.15) is 18.2 Å². The second-order valence-corrected chi connectivity index (χ2v) is 4.56. The van der Waals surface area contributed by atoms with Crippen LogP contribution in [0.15, 0.2) is 36.8 Å². The maximum atomic E-state index is 10.6. The van der Waals surface area contributed by atoms with Crippen molar-refractivity contribution in [3.05, 3.63) is 58.2 Å². The smallest absolute Gasteiger partial charge is 0.269 e. The number of imidazole rings is 1. The standard InChI is InChI=1S/C14H18N4O2/c1-2-15-9-13-10-17(11-16-13)8-7-12-3-5-14(6-4-12)18(19)20/h3-6,10-11,15H,2,7-9H2,1H3. The zero-order valence-corrected chi connectivity index (χ0v) is 11.5. The molecule has 0 radical (unpaired) electrons. The van der Waals surface area contributed by atoms with E-state index in [0.717, 1.165) is 37.3 Å². The molecular formula is C14H18N4O2. The summed E-state index contributed by atoms with van der Waals surface area (Å²) in [4.78, 5) is 14.5. The second kappa shape index (κ2) is 6.81. The molecule has 1 N–H and O–H groups in total. The third-order valence-corrected chi connectivity index (χ3v) is 3.05. The Morgan fingerprint density at radius 1 is 1.35 bits per heavy atom. The van der Waals surface area contributed by atoms with Gasteiger partial charge in [-0.05, 0) is 18.5 Å². The van der Waals surface area contributed by atoms with Crippen LogP contribution in [0.2, 0.25) is 0 Å². The number of nitro benzene ring substituents is 1. The Kier molecular flexibility index (Phi) is 4.84. The normalized spacial score (nSPS) is 10.7. The lowest BCUT2D eigenvalue weighted by molar-refractivity contribution is -0.384. The highest BCUT2D eigenvalue weighted by Gasteiger charge is 2.04. The summed E-state index contributed by atoms with van der Waals surface area (Å²) < 4.78 is 2.04. The van der Waals surface area contributed by atoms with Gasteiger partial charge in [0.1, 0.15) is 0 Å². The van der Waals surface area contributed by atoms with Crippen molar-refractivity contribution in [2.24, 2.45) is 0 Å². The molecule has 0 amide bonds. The molecule has 106 valence electrons. The first-order chi connectivity index (χ1) is 9.69. The van der Waals surface area contributed by atoms with E-state index in [1.165, 1.54) is 0 Å². The van der Waals surface area contributed by atoms with Crippen LogP contribution in [0.25, 0.3) is 0 Å². The monoisotopic (exact) mass is 274 g/mol. The van der Waals surface area contributed by atoms with Crippen LogP contribution < -0.4 is 5.32 Å². The molecule has 6 heteroatoms. The molecule has 2 aromatic rings. The Bertz CT molecular complexity index is 563. The summed E-state index contributed by atoms with van der Waals surface area (Å²) in [6.07, 6.45) is 4.67. The maximum absolute atomic E-state index is 10.6. The van der Waals surface area contributed by atoms with E-state index < -0.39 is 0 Å². The van der Waals surface area contributed by atoms with Gasteiger partial charge in [0.05, 0.1) is 16.9 Å². The minimum atomic E-state index is -0.382. The minimum Gasteiger partial charge on any atom is -0.337 e. The Hall–Kier alpha value is -2.21. The molecule has 1 aromatic carbocycles. The van der Waals surface area contributed by atoms with Gasteiger partial charge in [-0.1, -0.05) is 19.1 Å². The van der Waals surface area contributed by atoms with Gasteiger partial charge in [-0.3, -0.25) is 10.1 Å². The van der Waals surface area contributed by atoms with Crippen LogP contribution >= 0.6 is 0 Å². The van der Waals surface area contributed by atoms with E-state index >= 15 is 0 Å². The number of hydrogen-bond donors (Lipinski definition) is 1. The van der Waals surface area contributed by atoms with Gasteiger partial charge >= 0.3 is 0 Å². The number of aryl methyl sites for hydroxylation is 2. The van der Waals surface area contributed by atoms with Crippen LogP contribution in [0.3, 0.4) is 0 Å². The first-order valence-corrected chi connectivity index (χ1v) is 6.63. The number of rotatable bonds is 7. The molecule has 0 aliphatic heterocycles. The number of nitrogens with zero attached hydrogens (tertiary/aromatic N) is 3. The molecule has 0 aliphatic rings. The summed E-state index contributed by atoms with van der Waals surface area (Å²) in [6, 6.07) is 6.68. The predicted molar refractivity (Wildman–Crippen MR) is 76.4 cm³/mol. The van der Waals surface area contributed by atoms with Gasteiger partial charge < -0.3 is 9.88 Å². The zero-order chi connectivity index (χ0) is 14.4. The molecule has 0 aliphatic carbocycles. The Labute approximate surface area is 117 Å². The SMILES string of the molecule is CCNCc1cn(CCc2ccc([N+](=O)[O-])cc2)cn1. The number of hydrogen-bond acceptors (Lipinski definition) is 4. The summed E-state index contributed by atoms with van der Waals surface area (Å²) in [5.41, 5.74) is 2.23. The predicted octanol–water partition coefficient (Wildman–Crippen LogP) is 2.14. The topological polar surface area (TPSA) is 73.0 Å². The molecule has 0 spiro atoms. The fourth-order valence-corrected chi connectivity index (χ4v) is 1.92. The molecule has 1 aromatic heterocycles. The van der Waals surface area contributed by atoms with Gasteiger partial charge in [-0.15, -0.1) is 0 Å². The van der Waals surface area contributed by atoms with Crippen LogP contribution in [0.4, 0.5) is 5.69 Å². The van der Waals surface area contributed by atoms with Gasteiger partial charge in [0.25, 0.3) is 5.69 Å². The van der Waals surface area contributed by atoms with Crippen molar-refractivity contribution < 1.29 is 4.92 Å². The Balaban J connectivity index is 1.88. The first-order valence-electron chi connectivity index (χ1n) is 6.63. The molecular weight excluding hydrogens is 256 g/mol. The highest BCUT2D eigenvalue weighted by Crippen LogP contribution is 2.12. The van der Waals surface area contributed by atoms with Crippen molar-refractivity contribution in [1.82, 2.24) is 14.9 Å². The highest BCUT2D eigenvalue weighted by atomic mass is 16.6. The molecule has 0 unspecified atom stereocenters. The van der Waals surface area contributed by atoms with Crippen molar-refractivity contribution in [1.29, 1.82) is 0 Å². The van der Waals surface area contributed by atoms with Gasteiger partial charge in [-0.2, -0.15) is 0 Å². The second-order valence-electron chi connectivity index (χ2n) is 4.56. The average Bonchev–Trinajstić information content (AvgIpc) is 2.91. The number of nitro groups is 1. The highest BCUT2D eigenvalue weighted by molar-refractivity contribution is 5.32. The summed E-state index contributed by atoms with van der Waals surface area (Å²) in [6.45, 7) is 4.58. The van der Waals surface area contributed by atoms with Crippen LogP contribution in [0, 0.1) is 10.1 Å². The number of benzene rings is 1. The third kappa shape index (κ3) is 3.89. The van der Waals surface area contributed by atoms with Crippen molar-refractivity contribution in [2.45, 2.75) is 26.4 Å². The molecule has 0 atom stereocenters. The fourth-order valence-electron chi connectivity index (χ4n) is 1.92. The maximum Gasteiger partial charge on any atom is 0.269 e. The lowest BCUT2D eigenvalue weighted by atomic mass is 10.1. The average molecular weight is 274 g/mol. The third-order valence-electron chi connectivity index (χ3n) is 3.05. The van der Waals surface area contributed by atoms with E-state index in [0.29, 0.717) is 0 Å². The Morgan fingerprint density at radius 2 is 2.10 bits per heavy atom. The van der Waals surface area contributed by atoms with E-state index in [1.54, 1.807) is 24.3 Å². The van der Waals surface area contributed by atoms with Crippen molar-refractivity contribution >= 4 is 5.69 Å². The Morgan fingerprint density at radius 3 is 2.75 bits per heavy atom. The van der Waals surface area contributed by atoms with Crippen LogP contribution in [-0.2, 0) is 19.5 Å². The molecule has 0 saturated heterocycles. The summed E-state index contributed by atoms with van der Waals surface area (Å²) >= 11 is 0. The van der Waals surface area contributed by atoms with Gasteiger partial charge in [0.2, 0.25) is 0 Å². The molecule has 1 heterocycles. The van der Waals surface area contributed by atoms with Gasteiger partial charge in [-0.25, -0.2) is 4.98 Å². The molecule has 0 saturated carbocycles. The lowest BCUT2D eigenvalue weighted by Crippen LogP contribution is -2.11. The summed E-state index contributed by atoms with van der Waals surface area (Å²) in [5, 5.41) is 13.8. The summed E-state index contributed by atoms with van der Waals surface area (Å²) in [7, 11) is 0. The van der Waals surface area contributed by atoms with E-state index in [1.807, 2.05) is 17.1 Å². The largest absolute Gasteiger partial charge is 0.337 e. The van der Waals surface area contributed by atoms with Crippen LogP contribution in [0.5, 0.6) is 0 Å². The minimum absolute atomic E-state index is 0.129. The van der Waals surface area contributed by atoms with Crippen LogP contribution in [-0.4, -0.2) is 21.0 Å². The molecule has 0 fully saturated rings. The quantitative estimate of drug-likeness (QED) is 0.620. The number of aromatic nitrogens is 2.